The molecule has 0 aromatic carbocycles. The smallest absolute Gasteiger partial charge is 0.236 e. The Labute approximate surface area is 160 Å². The summed E-state index contributed by atoms with van der Waals surface area (Å²) >= 11 is 0. The molecule has 8 atom stereocenters. The van der Waals surface area contributed by atoms with Crippen LogP contribution < -0.4 is 22.5 Å². The highest BCUT2D eigenvalue weighted by Crippen LogP contribution is 2.30. The van der Waals surface area contributed by atoms with E-state index in [1.54, 1.807) is 7.05 Å². The zero-order valence-electron chi connectivity index (χ0n) is 16.4. The van der Waals surface area contributed by atoms with Crippen molar-refractivity contribution in [3.8, 4) is 0 Å². The fraction of sp³-hybridized carbons (Fsp3) is 0.941. The second-order valence-corrected chi connectivity index (χ2v) is 7.39. The van der Waals surface area contributed by atoms with Crippen LogP contribution in [0.15, 0.2) is 0 Å². The fourth-order valence-corrected chi connectivity index (χ4v) is 3.95. The molecule has 1 amide bonds. The van der Waals surface area contributed by atoms with Crippen molar-refractivity contribution < 1.29 is 24.1 Å². The number of ether oxygens (including phenoxy) is 3. The first-order valence-corrected chi connectivity index (χ1v) is 9.47. The van der Waals surface area contributed by atoms with E-state index in [0.717, 1.165) is 12.8 Å². The standard InChI is InChI=1S/C17H35N5O5/c1-21-8-9-4-5-10(19)17(26-9)27-16-11(20)6-12(25-3)14(15(16)24)22(2)13(23)7-18/h9-12,14-17,21,24H,4-8,18-20H2,1-3H3/t9-,10-,11-,12-,14+,15+,16+,17-/m0/s1. The van der Waals surface area contributed by atoms with Crippen molar-refractivity contribution in [2.75, 3.05) is 34.3 Å². The lowest BCUT2D eigenvalue weighted by molar-refractivity contribution is -0.254. The number of nitrogens with zero attached hydrogens (tertiary/aromatic N) is 1. The molecule has 10 nitrogen and oxygen atoms in total. The number of amides is 1. The van der Waals surface area contributed by atoms with Crippen LogP contribution in [0.1, 0.15) is 19.3 Å². The van der Waals surface area contributed by atoms with Crippen molar-refractivity contribution in [2.24, 2.45) is 17.2 Å². The number of carbonyl (C=O) groups is 1. The summed E-state index contributed by atoms with van der Waals surface area (Å²) in [6.45, 7) is 0.532. The molecule has 0 unspecified atom stereocenters. The molecule has 0 aromatic heterocycles. The summed E-state index contributed by atoms with van der Waals surface area (Å²) in [5, 5.41) is 14.1. The fourth-order valence-electron chi connectivity index (χ4n) is 3.95. The van der Waals surface area contributed by atoms with Gasteiger partial charge in [0.05, 0.1) is 30.8 Å². The van der Waals surface area contributed by atoms with Crippen LogP contribution in [0.5, 0.6) is 0 Å². The van der Waals surface area contributed by atoms with Gasteiger partial charge in [0, 0.05) is 26.7 Å². The first-order chi connectivity index (χ1) is 12.8. The molecule has 0 spiro atoms. The van der Waals surface area contributed by atoms with Gasteiger partial charge in [-0.25, -0.2) is 0 Å². The number of hydrogen-bond acceptors (Lipinski definition) is 9. The monoisotopic (exact) mass is 389 g/mol. The second kappa shape index (κ2) is 10.1. The minimum atomic E-state index is -1.06. The predicted molar refractivity (Wildman–Crippen MR) is 99.7 cm³/mol. The minimum Gasteiger partial charge on any atom is -0.388 e. The van der Waals surface area contributed by atoms with E-state index in [9.17, 15) is 9.90 Å². The van der Waals surface area contributed by atoms with Crippen molar-refractivity contribution in [3.05, 3.63) is 0 Å². The summed E-state index contributed by atoms with van der Waals surface area (Å²) in [7, 11) is 4.98. The number of rotatable bonds is 7. The van der Waals surface area contributed by atoms with Crippen molar-refractivity contribution in [2.45, 2.75) is 68.1 Å². The molecule has 27 heavy (non-hydrogen) atoms. The average molecular weight is 389 g/mol. The van der Waals surface area contributed by atoms with Gasteiger partial charge in [-0.15, -0.1) is 0 Å². The van der Waals surface area contributed by atoms with Gasteiger partial charge in [-0.3, -0.25) is 4.79 Å². The lowest BCUT2D eigenvalue weighted by Gasteiger charge is -2.48. The molecule has 1 aliphatic heterocycles. The predicted octanol–water partition coefficient (Wildman–Crippen LogP) is -2.68. The molecule has 1 heterocycles. The van der Waals surface area contributed by atoms with Gasteiger partial charge in [0.15, 0.2) is 6.29 Å². The van der Waals surface area contributed by atoms with E-state index in [-0.39, 0.29) is 24.6 Å². The van der Waals surface area contributed by atoms with Crippen LogP contribution >= 0.6 is 0 Å². The molecule has 10 heteroatoms. The van der Waals surface area contributed by atoms with Crippen LogP contribution in [0.4, 0.5) is 0 Å². The van der Waals surface area contributed by atoms with Crippen molar-refractivity contribution in [3.63, 3.8) is 0 Å². The van der Waals surface area contributed by atoms with E-state index in [2.05, 4.69) is 5.32 Å². The Hall–Kier alpha value is -0.850. The Morgan fingerprint density at radius 2 is 2.04 bits per heavy atom. The van der Waals surface area contributed by atoms with E-state index >= 15 is 0 Å². The summed E-state index contributed by atoms with van der Waals surface area (Å²) in [6.07, 6.45) is -0.883. The third-order valence-electron chi connectivity index (χ3n) is 5.53. The van der Waals surface area contributed by atoms with Gasteiger partial charge in [0.1, 0.15) is 12.2 Å². The third kappa shape index (κ3) is 5.15. The molecule has 2 rings (SSSR count). The van der Waals surface area contributed by atoms with Gasteiger partial charge >= 0.3 is 0 Å². The van der Waals surface area contributed by atoms with Gasteiger partial charge in [-0.2, -0.15) is 0 Å². The van der Waals surface area contributed by atoms with Crippen molar-refractivity contribution in [1.82, 2.24) is 10.2 Å². The number of nitrogens with one attached hydrogen (secondary N) is 1. The summed E-state index contributed by atoms with van der Waals surface area (Å²) in [6, 6.07) is -1.41. The summed E-state index contributed by atoms with van der Waals surface area (Å²) in [5.74, 6) is -0.296. The van der Waals surface area contributed by atoms with Crippen LogP contribution in [0.25, 0.3) is 0 Å². The molecule has 158 valence electrons. The van der Waals surface area contributed by atoms with Crippen LogP contribution in [0.2, 0.25) is 0 Å². The van der Waals surface area contributed by atoms with Crippen molar-refractivity contribution in [1.29, 1.82) is 0 Å². The van der Waals surface area contributed by atoms with Gasteiger partial charge in [-0.05, 0) is 26.3 Å². The number of carbonyl (C=O) groups excluding carboxylic acids is 1. The highest BCUT2D eigenvalue weighted by Gasteiger charge is 2.48. The molecule has 0 bridgehead atoms. The Morgan fingerprint density at radius 3 is 2.63 bits per heavy atom. The topological polar surface area (TPSA) is 158 Å². The zero-order valence-corrected chi connectivity index (χ0v) is 16.4. The number of aliphatic hydroxyl groups is 1. The molecule has 8 N–H and O–H groups in total. The Morgan fingerprint density at radius 1 is 1.33 bits per heavy atom. The Balaban J connectivity index is 2.13. The van der Waals surface area contributed by atoms with Gasteiger partial charge in [-0.1, -0.05) is 0 Å². The van der Waals surface area contributed by atoms with Crippen LogP contribution in [-0.2, 0) is 19.0 Å². The van der Waals surface area contributed by atoms with Crippen LogP contribution in [0, 0.1) is 0 Å². The van der Waals surface area contributed by atoms with E-state index in [1.807, 2.05) is 7.05 Å². The average Bonchev–Trinajstić information content (AvgIpc) is 2.65. The van der Waals surface area contributed by atoms with Crippen LogP contribution in [0.3, 0.4) is 0 Å². The summed E-state index contributed by atoms with van der Waals surface area (Å²) < 4.78 is 17.5. The number of likely N-dealkylation sites (N-methyl/N-ethyl adjacent to an activating group) is 2. The highest BCUT2D eigenvalue weighted by molar-refractivity contribution is 5.78. The maximum atomic E-state index is 12.1. The Bertz CT molecular complexity index is 485. The lowest BCUT2D eigenvalue weighted by atomic mass is 9.83. The molecule has 0 aromatic rings. The first-order valence-electron chi connectivity index (χ1n) is 9.47. The molecule has 1 aliphatic carbocycles. The zero-order chi connectivity index (χ0) is 20.1. The normalized spacial score (nSPS) is 40.0. The number of methoxy groups -OCH3 is 1. The highest BCUT2D eigenvalue weighted by atomic mass is 16.7. The Kier molecular flexibility index (Phi) is 8.38. The maximum absolute atomic E-state index is 12.1. The number of aliphatic hydroxyl groups excluding tert-OH is 1. The first kappa shape index (κ1) is 22.4. The molecular formula is C17H35N5O5. The van der Waals surface area contributed by atoms with Gasteiger partial charge in [0.2, 0.25) is 5.91 Å². The largest absolute Gasteiger partial charge is 0.388 e. The molecule has 1 saturated carbocycles. The van der Waals surface area contributed by atoms with Crippen molar-refractivity contribution >= 4 is 5.91 Å². The molecular weight excluding hydrogens is 354 g/mol. The van der Waals surface area contributed by atoms with E-state index in [4.69, 9.17) is 31.4 Å². The molecule has 2 aliphatic rings. The summed E-state index contributed by atoms with van der Waals surface area (Å²) in [5.41, 5.74) is 17.9. The van der Waals surface area contributed by atoms with E-state index in [0.29, 0.717) is 13.0 Å². The second-order valence-electron chi connectivity index (χ2n) is 7.39. The minimum absolute atomic E-state index is 0.0132. The molecule has 1 saturated heterocycles. The quantitative estimate of drug-likeness (QED) is 0.313. The van der Waals surface area contributed by atoms with E-state index in [1.165, 1.54) is 12.0 Å². The number of nitrogens with two attached hydrogens (primary N) is 3. The van der Waals surface area contributed by atoms with E-state index < -0.39 is 36.7 Å². The lowest BCUT2D eigenvalue weighted by Crippen LogP contribution is -2.67. The molecule has 0 radical (unpaired) electrons. The van der Waals surface area contributed by atoms with Gasteiger partial charge < -0.3 is 46.7 Å². The van der Waals surface area contributed by atoms with Crippen LogP contribution in [-0.4, -0.2) is 99.0 Å². The summed E-state index contributed by atoms with van der Waals surface area (Å²) in [4.78, 5) is 13.5. The molecule has 2 fully saturated rings. The maximum Gasteiger partial charge on any atom is 0.236 e. The van der Waals surface area contributed by atoms with Gasteiger partial charge in [0.25, 0.3) is 0 Å². The number of hydrogen-bond donors (Lipinski definition) is 5. The SMILES string of the molecule is CNC[C@@H]1CC[C@H](N)[C@H](O[C@H]2[C@H](O)[C@H](N(C)C(=O)CN)[C@@H](OC)C[C@@H]2N)O1. The third-order valence-corrected chi connectivity index (χ3v) is 5.53.